The standard InChI is InChI=1S/C58H115NO3/c1-3-5-7-9-11-13-15-17-19-21-22-23-24-25-26-27-28-29-30-31-32-33-34-35-36-38-40-42-44-46-48-50-52-54-58(62)59-56(55-60)57(61)53-51-49-47-45-43-41-39-37-20-18-16-14-12-10-8-6-4-2/h21-22,56-57,60-61H,3-20,23-55H2,1-2H3,(H,59,62)/b22-21-. The summed E-state index contributed by atoms with van der Waals surface area (Å²) in [5.74, 6) is -0.0235. The van der Waals surface area contributed by atoms with Crippen LogP contribution in [0.2, 0.25) is 0 Å². The Balaban J connectivity index is 3.38. The smallest absolute Gasteiger partial charge is 0.220 e. The van der Waals surface area contributed by atoms with E-state index in [9.17, 15) is 15.0 Å². The Kier molecular flexibility index (Phi) is 53.7. The van der Waals surface area contributed by atoms with Crippen molar-refractivity contribution in [2.45, 2.75) is 347 Å². The van der Waals surface area contributed by atoms with Gasteiger partial charge in [-0.25, -0.2) is 0 Å². The van der Waals surface area contributed by atoms with E-state index < -0.39 is 12.1 Å². The number of allylic oxidation sites excluding steroid dienone is 2. The molecule has 0 aliphatic heterocycles. The number of carbonyl (C=O) groups excluding carboxylic acids is 1. The number of carbonyl (C=O) groups is 1. The van der Waals surface area contributed by atoms with Gasteiger partial charge in [-0.15, -0.1) is 0 Å². The highest BCUT2D eigenvalue weighted by molar-refractivity contribution is 5.76. The van der Waals surface area contributed by atoms with Crippen molar-refractivity contribution >= 4 is 5.91 Å². The molecule has 3 N–H and O–H groups in total. The van der Waals surface area contributed by atoms with Gasteiger partial charge in [0.1, 0.15) is 0 Å². The van der Waals surface area contributed by atoms with E-state index in [0.717, 1.165) is 25.7 Å². The molecule has 0 fully saturated rings. The second-order valence-corrected chi connectivity index (χ2v) is 20.1. The van der Waals surface area contributed by atoms with Gasteiger partial charge in [0.05, 0.1) is 18.8 Å². The Labute approximate surface area is 390 Å². The van der Waals surface area contributed by atoms with Crippen LogP contribution in [0.15, 0.2) is 12.2 Å². The molecule has 0 aromatic rings. The van der Waals surface area contributed by atoms with Crippen LogP contribution in [-0.2, 0) is 4.79 Å². The molecular formula is C58H115NO3. The summed E-state index contributed by atoms with van der Waals surface area (Å²) in [7, 11) is 0. The zero-order chi connectivity index (χ0) is 44.9. The van der Waals surface area contributed by atoms with Gasteiger partial charge in [0, 0.05) is 6.42 Å². The van der Waals surface area contributed by atoms with Crippen molar-refractivity contribution < 1.29 is 15.0 Å². The largest absolute Gasteiger partial charge is 0.394 e. The van der Waals surface area contributed by atoms with Crippen molar-refractivity contribution in [3.63, 3.8) is 0 Å². The second-order valence-electron chi connectivity index (χ2n) is 20.1. The molecule has 0 rings (SSSR count). The topological polar surface area (TPSA) is 69.6 Å². The Morgan fingerprint density at radius 3 is 0.887 bits per heavy atom. The van der Waals surface area contributed by atoms with Crippen LogP contribution in [0.1, 0.15) is 335 Å². The quantitative estimate of drug-likeness (QED) is 0.0421. The van der Waals surface area contributed by atoms with Crippen LogP contribution in [0.25, 0.3) is 0 Å². The highest BCUT2D eigenvalue weighted by Gasteiger charge is 2.20. The van der Waals surface area contributed by atoms with E-state index in [-0.39, 0.29) is 12.5 Å². The van der Waals surface area contributed by atoms with Crippen LogP contribution in [0.3, 0.4) is 0 Å². The van der Waals surface area contributed by atoms with Crippen molar-refractivity contribution in [1.29, 1.82) is 0 Å². The van der Waals surface area contributed by atoms with E-state index in [2.05, 4.69) is 31.3 Å². The van der Waals surface area contributed by atoms with E-state index in [1.54, 1.807) is 0 Å². The predicted octanol–water partition coefficient (Wildman–Crippen LogP) is 18.9. The summed E-state index contributed by atoms with van der Waals surface area (Å²) < 4.78 is 0. The van der Waals surface area contributed by atoms with E-state index in [1.165, 1.54) is 283 Å². The van der Waals surface area contributed by atoms with Crippen LogP contribution >= 0.6 is 0 Å². The van der Waals surface area contributed by atoms with Crippen LogP contribution in [0, 0.1) is 0 Å². The second kappa shape index (κ2) is 54.5. The number of unbranched alkanes of at least 4 members (excludes halogenated alkanes) is 45. The summed E-state index contributed by atoms with van der Waals surface area (Å²) in [6.45, 7) is 4.39. The minimum atomic E-state index is -0.655. The molecule has 0 saturated carbocycles. The lowest BCUT2D eigenvalue weighted by Gasteiger charge is -2.22. The molecule has 0 heterocycles. The minimum Gasteiger partial charge on any atom is -0.394 e. The first-order valence-corrected chi connectivity index (χ1v) is 28.9. The minimum absolute atomic E-state index is 0.0235. The molecule has 0 aliphatic rings. The number of aliphatic hydroxyl groups is 2. The third-order valence-electron chi connectivity index (χ3n) is 13.8. The highest BCUT2D eigenvalue weighted by atomic mass is 16.3. The Morgan fingerprint density at radius 2 is 0.613 bits per heavy atom. The van der Waals surface area contributed by atoms with E-state index in [4.69, 9.17) is 0 Å². The average Bonchev–Trinajstić information content (AvgIpc) is 3.28. The fourth-order valence-corrected chi connectivity index (χ4v) is 9.36. The Bertz CT molecular complexity index is 860. The zero-order valence-corrected chi connectivity index (χ0v) is 42.7. The molecule has 0 aromatic carbocycles. The lowest BCUT2D eigenvalue weighted by Crippen LogP contribution is -2.45. The summed E-state index contributed by atoms with van der Waals surface area (Å²) >= 11 is 0. The maximum absolute atomic E-state index is 12.5. The van der Waals surface area contributed by atoms with E-state index in [0.29, 0.717) is 12.8 Å². The molecule has 4 nitrogen and oxygen atoms in total. The first kappa shape index (κ1) is 61.1. The van der Waals surface area contributed by atoms with Gasteiger partial charge in [-0.1, -0.05) is 302 Å². The third-order valence-corrected chi connectivity index (χ3v) is 13.8. The van der Waals surface area contributed by atoms with Gasteiger partial charge in [-0.2, -0.15) is 0 Å². The van der Waals surface area contributed by atoms with Crippen molar-refractivity contribution in [3.05, 3.63) is 12.2 Å². The molecule has 0 radical (unpaired) electrons. The van der Waals surface area contributed by atoms with Gasteiger partial charge in [0.15, 0.2) is 0 Å². The van der Waals surface area contributed by atoms with Crippen molar-refractivity contribution in [3.8, 4) is 0 Å². The molecular weight excluding hydrogens is 759 g/mol. The van der Waals surface area contributed by atoms with Crippen LogP contribution < -0.4 is 5.32 Å². The van der Waals surface area contributed by atoms with Crippen molar-refractivity contribution in [1.82, 2.24) is 5.32 Å². The molecule has 2 atom stereocenters. The molecule has 0 spiro atoms. The van der Waals surface area contributed by atoms with Gasteiger partial charge < -0.3 is 15.5 Å². The zero-order valence-electron chi connectivity index (χ0n) is 42.7. The monoisotopic (exact) mass is 874 g/mol. The SMILES string of the molecule is CCCCCCCCCC/C=C\CCCCCCCCCCCCCCCCCCCCCCCC(=O)NC(CO)C(O)CCCCCCCCCCCCCCCCCCC. The molecule has 62 heavy (non-hydrogen) atoms. The van der Waals surface area contributed by atoms with Gasteiger partial charge in [0.2, 0.25) is 5.91 Å². The maximum Gasteiger partial charge on any atom is 0.220 e. The van der Waals surface area contributed by atoms with E-state index >= 15 is 0 Å². The normalized spacial score (nSPS) is 12.8. The molecule has 4 heteroatoms. The van der Waals surface area contributed by atoms with Gasteiger partial charge >= 0.3 is 0 Å². The predicted molar refractivity (Wildman–Crippen MR) is 276 cm³/mol. The Morgan fingerprint density at radius 1 is 0.371 bits per heavy atom. The molecule has 370 valence electrons. The summed E-state index contributed by atoms with van der Waals surface area (Å²) in [5, 5.41) is 23.3. The third kappa shape index (κ3) is 50.1. The Hall–Kier alpha value is -0.870. The van der Waals surface area contributed by atoms with Crippen LogP contribution in [0.5, 0.6) is 0 Å². The summed E-state index contributed by atoms with van der Waals surface area (Å²) in [6.07, 6.45) is 70.7. The van der Waals surface area contributed by atoms with Gasteiger partial charge in [-0.05, 0) is 38.5 Å². The van der Waals surface area contributed by atoms with E-state index in [1.807, 2.05) is 0 Å². The summed E-state index contributed by atoms with van der Waals surface area (Å²) in [6, 6.07) is -0.532. The summed E-state index contributed by atoms with van der Waals surface area (Å²) in [5.41, 5.74) is 0. The molecule has 1 amide bonds. The molecule has 0 bridgehead atoms. The van der Waals surface area contributed by atoms with Gasteiger partial charge in [0.25, 0.3) is 0 Å². The number of nitrogens with one attached hydrogen (secondary N) is 1. The first-order chi connectivity index (χ1) is 30.7. The van der Waals surface area contributed by atoms with Crippen LogP contribution in [0.4, 0.5) is 0 Å². The number of aliphatic hydroxyl groups excluding tert-OH is 2. The average molecular weight is 875 g/mol. The first-order valence-electron chi connectivity index (χ1n) is 28.9. The molecule has 2 unspecified atom stereocenters. The summed E-state index contributed by atoms with van der Waals surface area (Å²) in [4.78, 5) is 12.5. The van der Waals surface area contributed by atoms with Crippen molar-refractivity contribution in [2.24, 2.45) is 0 Å². The number of rotatable bonds is 54. The fraction of sp³-hybridized carbons (Fsp3) is 0.948. The van der Waals surface area contributed by atoms with Crippen molar-refractivity contribution in [2.75, 3.05) is 6.61 Å². The van der Waals surface area contributed by atoms with Gasteiger partial charge in [-0.3, -0.25) is 4.79 Å². The molecule has 0 saturated heterocycles. The number of hydrogen-bond acceptors (Lipinski definition) is 3. The number of hydrogen-bond donors (Lipinski definition) is 3. The lowest BCUT2D eigenvalue weighted by molar-refractivity contribution is -0.123. The highest BCUT2D eigenvalue weighted by Crippen LogP contribution is 2.18. The lowest BCUT2D eigenvalue weighted by atomic mass is 10.0. The van der Waals surface area contributed by atoms with Crippen LogP contribution in [-0.4, -0.2) is 34.9 Å². The maximum atomic E-state index is 12.5. The molecule has 0 aromatic heterocycles. The number of amides is 1. The fourth-order valence-electron chi connectivity index (χ4n) is 9.36. The molecule has 0 aliphatic carbocycles.